The number of hydrogen-bond donors (Lipinski definition) is 1. The average Bonchev–Trinajstić information content (AvgIpc) is 3.30. The van der Waals surface area contributed by atoms with Crippen LogP contribution in [0, 0.1) is 6.92 Å². The van der Waals surface area contributed by atoms with Crippen molar-refractivity contribution in [1.82, 2.24) is 14.5 Å². The molecule has 1 aliphatic carbocycles. The molecule has 1 saturated carbocycles. The summed E-state index contributed by atoms with van der Waals surface area (Å²) in [4.78, 5) is 0.167. The molecule has 0 aliphatic heterocycles. The molecule has 1 aromatic carbocycles. The normalized spacial score (nSPS) is 15.4. The quantitative estimate of drug-likeness (QED) is 0.740. The van der Waals surface area contributed by atoms with E-state index < -0.39 is 21.9 Å². The zero-order valence-electron chi connectivity index (χ0n) is 14.3. The lowest BCUT2D eigenvalue weighted by molar-refractivity contribution is -0.141. The highest BCUT2D eigenvalue weighted by molar-refractivity contribution is 7.89. The van der Waals surface area contributed by atoms with E-state index in [1.807, 2.05) is 6.92 Å². The number of hydrogen-bond acceptors (Lipinski definition) is 3. The third-order valence-electron chi connectivity index (χ3n) is 4.27. The van der Waals surface area contributed by atoms with E-state index in [1.54, 1.807) is 12.1 Å². The zero-order valence-corrected chi connectivity index (χ0v) is 15.1. The van der Waals surface area contributed by atoms with Crippen LogP contribution in [-0.2, 0) is 22.7 Å². The number of alkyl halides is 3. The Labute approximate surface area is 150 Å². The highest BCUT2D eigenvalue weighted by atomic mass is 32.2. The lowest BCUT2D eigenvalue weighted by Crippen LogP contribution is -2.25. The molecule has 0 saturated heterocycles. The fourth-order valence-electron chi connectivity index (χ4n) is 2.69. The molecule has 0 amide bonds. The first-order valence-corrected chi connectivity index (χ1v) is 9.86. The highest BCUT2D eigenvalue weighted by Crippen LogP contribution is 2.42. The van der Waals surface area contributed by atoms with Gasteiger partial charge in [0, 0.05) is 24.7 Å². The van der Waals surface area contributed by atoms with Gasteiger partial charge in [-0.05, 0) is 44.4 Å². The van der Waals surface area contributed by atoms with Gasteiger partial charge in [-0.25, -0.2) is 13.1 Å². The minimum Gasteiger partial charge on any atom is -0.269 e. The minimum atomic E-state index is -4.47. The topological polar surface area (TPSA) is 64.0 Å². The molecule has 142 valence electrons. The van der Waals surface area contributed by atoms with Gasteiger partial charge in [-0.1, -0.05) is 17.7 Å². The summed E-state index contributed by atoms with van der Waals surface area (Å²) in [5.74, 6) is 0.128. The van der Waals surface area contributed by atoms with Crippen molar-refractivity contribution in [2.45, 2.75) is 49.7 Å². The maximum Gasteiger partial charge on any atom is 0.435 e. The molecule has 26 heavy (non-hydrogen) atoms. The second-order valence-corrected chi connectivity index (χ2v) is 8.28. The Morgan fingerprint density at radius 1 is 1.23 bits per heavy atom. The second kappa shape index (κ2) is 7.03. The minimum absolute atomic E-state index is 0.127. The molecular weight excluding hydrogens is 367 g/mol. The van der Waals surface area contributed by atoms with Crippen molar-refractivity contribution in [3.63, 3.8) is 0 Å². The summed E-state index contributed by atoms with van der Waals surface area (Å²) >= 11 is 0. The first-order valence-electron chi connectivity index (χ1n) is 8.38. The molecule has 9 heteroatoms. The smallest absolute Gasteiger partial charge is 0.269 e. The van der Waals surface area contributed by atoms with E-state index in [0.29, 0.717) is 12.1 Å². The van der Waals surface area contributed by atoms with Crippen LogP contribution in [-0.4, -0.2) is 24.7 Å². The van der Waals surface area contributed by atoms with Crippen molar-refractivity contribution in [2.24, 2.45) is 0 Å². The maximum atomic E-state index is 12.9. The van der Waals surface area contributed by atoms with E-state index >= 15 is 0 Å². The Hall–Kier alpha value is -1.87. The van der Waals surface area contributed by atoms with E-state index in [4.69, 9.17) is 0 Å². The largest absolute Gasteiger partial charge is 0.435 e. The fourth-order valence-corrected chi connectivity index (χ4v) is 3.77. The summed E-state index contributed by atoms with van der Waals surface area (Å²) in [5.41, 5.74) is 0.647. The highest BCUT2D eigenvalue weighted by Gasteiger charge is 2.37. The number of nitrogens with one attached hydrogen (secondary N) is 1. The second-order valence-electron chi connectivity index (χ2n) is 6.51. The van der Waals surface area contributed by atoms with Gasteiger partial charge in [-0.2, -0.15) is 18.3 Å². The van der Waals surface area contributed by atoms with Crippen molar-refractivity contribution in [2.75, 3.05) is 6.54 Å². The van der Waals surface area contributed by atoms with E-state index in [9.17, 15) is 21.6 Å². The molecule has 3 rings (SSSR count). The summed E-state index contributed by atoms with van der Waals surface area (Å²) in [5, 5.41) is 3.66. The third-order valence-corrected chi connectivity index (χ3v) is 5.74. The van der Waals surface area contributed by atoms with Gasteiger partial charge in [0.25, 0.3) is 0 Å². The van der Waals surface area contributed by atoms with Crippen molar-refractivity contribution < 1.29 is 21.6 Å². The summed E-state index contributed by atoms with van der Waals surface area (Å²) in [6.45, 7) is 2.22. The molecule has 1 heterocycles. The van der Waals surface area contributed by atoms with Gasteiger partial charge in [0.2, 0.25) is 10.0 Å². The molecule has 1 fully saturated rings. The number of aryl methyl sites for hydroxylation is 2. The predicted octanol–water partition coefficient (Wildman–Crippen LogP) is 3.46. The molecule has 1 aromatic heterocycles. The van der Waals surface area contributed by atoms with Crippen LogP contribution in [0.5, 0.6) is 0 Å². The van der Waals surface area contributed by atoms with Crippen LogP contribution in [0.4, 0.5) is 13.2 Å². The van der Waals surface area contributed by atoms with Gasteiger partial charge in [-0.3, -0.25) is 4.68 Å². The fraction of sp³-hybridized carbons (Fsp3) is 0.471. The first-order chi connectivity index (χ1) is 12.2. The predicted molar refractivity (Wildman–Crippen MR) is 90.2 cm³/mol. The molecule has 2 aromatic rings. The molecule has 0 radical (unpaired) electrons. The number of halogens is 3. The van der Waals surface area contributed by atoms with Crippen molar-refractivity contribution in [3.8, 4) is 0 Å². The van der Waals surface area contributed by atoms with Gasteiger partial charge in [0.05, 0.1) is 4.90 Å². The summed E-state index contributed by atoms with van der Waals surface area (Å²) in [6.07, 6.45) is -2.39. The van der Waals surface area contributed by atoms with Crippen LogP contribution in [0.15, 0.2) is 35.2 Å². The monoisotopic (exact) mass is 387 g/mol. The van der Waals surface area contributed by atoms with E-state index in [0.717, 1.165) is 24.5 Å². The van der Waals surface area contributed by atoms with Gasteiger partial charge >= 0.3 is 6.18 Å². The number of benzene rings is 1. The standard InChI is InChI=1S/C17H20F3N3O2S/c1-12-3-7-14(8-4-12)26(24,25)21-9-2-10-23-15(13-5-6-13)11-16(22-23)17(18,19)20/h3-4,7-8,11,13,21H,2,5-6,9-10H2,1H3. The summed E-state index contributed by atoms with van der Waals surface area (Å²) < 4.78 is 66.8. The van der Waals surface area contributed by atoms with Crippen molar-refractivity contribution in [1.29, 1.82) is 0 Å². The number of nitrogens with zero attached hydrogens (tertiary/aromatic N) is 2. The Kier molecular flexibility index (Phi) is 5.12. The van der Waals surface area contributed by atoms with Crippen LogP contribution in [0.2, 0.25) is 0 Å². The van der Waals surface area contributed by atoms with Gasteiger partial charge < -0.3 is 0 Å². The molecule has 0 spiro atoms. The van der Waals surface area contributed by atoms with E-state index in [-0.39, 0.29) is 23.9 Å². The molecule has 1 N–H and O–H groups in total. The van der Waals surface area contributed by atoms with Gasteiger partial charge in [0.1, 0.15) is 0 Å². The Balaban J connectivity index is 1.60. The Morgan fingerprint density at radius 2 is 1.88 bits per heavy atom. The molecule has 0 bridgehead atoms. The third kappa shape index (κ3) is 4.45. The number of aromatic nitrogens is 2. The van der Waals surface area contributed by atoms with Crippen LogP contribution < -0.4 is 4.72 Å². The molecule has 5 nitrogen and oxygen atoms in total. The van der Waals surface area contributed by atoms with E-state index in [1.165, 1.54) is 16.8 Å². The van der Waals surface area contributed by atoms with Crippen molar-refractivity contribution in [3.05, 3.63) is 47.3 Å². The summed E-state index contributed by atoms with van der Waals surface area (Å²) in [7, 11) is -3.62. The molecule has 0 unspecified atom stereocenters. The van der Waals surface area contributed by atoms with Crippen molar-refractivity contribution >= 4 is 10.0 Å². The zero-order chi connectivity index (χ0) is 18.9. The van der Waals surface area contributed by atoms with Crippen LogP contribution in [0.3, 0.4) is 0 Å². The lowest BCUT2D eigenvalue weighted by Gasteiger charge is -2.09. The number of rotatable bonds is 7. The maximum absolute atomic E-state index is 12.9. The first kappa shape index (κ1) is 18.9. The Bertz CT molecular complexity index is 870. The summed E-state index contributed by atoms with van der Waals surface area (Å²) in [6, 6.07) is 7.56. The Morgan fingerprint density at radius 3 is 2.46 bits per heavy atom. The van der Waals surface area contributed by atoms with Gasteiger partial charge in [-0.15, -0.1) is 0 Å². The number of sulfonamides is 1. The SMILES string of the molecule is Cc1ccc(S(=O)(=O)NCCCn2nc(C(F)(F)F)cc2C2CC2)cc1. The molecular formula is C17H20F3N3O2S. The average molecular weight is 387 g/mol. The van der Waals surface area contributed by atoms with Crippen LogP contribution >= 0.6 is 0 Å². The van der Waals surface area contributed by atoms with Gasteiger partial charge in [0.15, 0.2) is 5.69 Å². The lowest BCUT2D eigenvalue weighted by atomic mass is 10.2. The van der Waals surface area contributed by atoms with E-state index in [2.05, 4.69) is 9.82 Å². The molecule has 1 aliphatic rings. The van der Waals surface area contributed by atoms with Crippen LogP contribution in [0.1, 0.15) is 42.1 Å². The molecule has 0 atom stereocenters. The van der Waals surface area contributed by atoms with Crippen LogP contribution in [0.25, 0.3) is 0 Å².